The first-order valence-electron chi connectivity index (χ1n) is 12.6. The van der Waals surface area contributed by atoms with Crippen molar-refractivity contribution in [2.24, 2.45) is 0 Å². The van der Waals surface area contributed by atoms with Crippen molar-refractivity contribution < 1.29 is 42.8 Å². The van der Waals surface area contributed by atoms with E-state index in [0.717, 1.165) is 26.4 Å². The zero-order valence-corrected chi connectivity index (χ0v) is 23.3. The molecule has 1 aromatic carbocycles. The lowest BCUT2D eigenvalue weighted by atomic mass is 9.89. The van der Waals surface area contributed by atoms with Gasteiger partial charge in [-0.1, -0.05) is 18.2 Å². The van der Waals surface area contributed by atoms with Gasteiger partial charge in [-0.15, -0.1) is 11.3 Å². The van der Waals surface area contributed by atoms with Crippen molar-refractivity contribution in [3.05, 3.63) is 76.2 Å². The lowest BCUT2D eigenvalue weighted by molar-refractivity contribution is -0.253. The lowest BCUT2D eigenvalue weighted by Crippen LogP contribution is -2.59. The van der Waals surface area contributed by atoms with Crippen molar-refractivity contribution in [3.63, 3.8) is 0 Å². The number of thiophene rings is 1. The molecule has 1 aliphatic heterocycles. The largest absolute Gasteiger partial charge is 0.456 e. The van der Waals surface area contributed by atoms with Crippen LogP contribution in [0.4, 0.5) is 4.39 Å². The van der Waals surface area contributed by atoms with E-state index in [9.17, 15) is 23.9 Å². The minimum absolute atomic E-state index is 0.534. The van der Waals surface area contributed by atoms with Crippen molar-refractivity contribution in [1.29, 1.82) is 0 Å². The van der Waals surface area contributed by atoms with E-state index in [-0.39, 0.29) is 0 Å². The molecule has 0 radical (unpaired) electrons. The minimum atomic E-state index is -1.21. The number of rotatable bonds is 8. The zero-order chi connectivity index (χ0) is 29.0. The molecule has 0 spiro atoms. The van der Waals surface area contributed by atoms with Gasteiger partial charge >= 0.3 is 17.9 Å². The number of esters is 3. The Balaban J connectivity index is 1.67. The van der Waals surface area contributed by atoms with Crippen LogP contribution in [0, 0.1) is 12.9 Å². The van der Waals surface area contributed by atoms with Gasteiger partial charge in [0.2, 0.25) is 5.95 Å². The molecule has 0 aliphatic carbocycles. The number of aryl methyl sites for hydroxylation is 1. The van der Waals surface area contributed by atoms with Crippen molar-refractivity contribution in [3.8, 4) is 10.4 Å². The summed E-state index contributed by atoms with van der Waals surface area (Å²) in [7, 11) is 0. The maximum Gasteiger partial charge on any atom is 0.303 e. The number of carbonyl (C=O) groups excluding carboxylic acids is 3. The van der Waals surface area contributed by atoms with Gasteiger partial charge < -0.3 is 24.1 Å². The Morgan fingerprint density at radius 3 is 2.25 bits per heavy atom. The van der Waals surface area contributed by atoms with Crippen LogP contribution in [0.1, 0.15) is 48.4 Å². The predicted octanol–water partition coefficient (Wildman–Crippen LogP) is 4.08. The second-order valence-electron chi connectivity index (χ2n) is 9.50. The first kappa shape index (κ1) is 29.3. The molecule has 0 bridgehead atoms. The summed E-state index contributed by atoms with van der Waals surface area (Å²) in [5, 5.41) is 10.1. The van der Waals surface area contributed by atoms with Gasteiger partial charge in [0.05, 0.1) is 6.61 Å². The molecule has 4 rings (SSSR count). The number of aromatic nitrogens is 1. The Morgan fingerprint density at radius 1 is 0.950 bits per heavy atom. The molecule has 1 aliphatic rings. The van der Waals surface area contributed by atoms with E-state index >= 15 is 0 Å². The molecule has 9 nitrogen and oxygen atoms in total. The summed E-state index contributed by atoms with van der Waals surface area (Å²) in [6.07, 6.45) is -3.45. The third kappa shape index (κ3) is 6.90. The SMILES string of the molecule is CC(=O)OC1[C@H](OC(C)=O)C(CO)OC(c2ccc(C)c(Cc3ccc(-c4ccc(F)nc4)s3)c2)[C@@H]1OC(C)=O. The van der Waals surface area contributed by atoms with E-state index in [1.807, 2.05) is 37.3 Å². The van der Waals surface area contributed by atoms with Crippen LogP contribution in [-0.2, 0) is 39.8 Å². The summed E-state index contributed by atoms with van der Waals surface area (Å²) in [6, 6.07) is 12.6. The first-order chi connectivity index (χ1) is 19.0. The molecule has 3 unspecified atom stereocenters. The molecule has 1 fully saturated rings. The molecule has 11 heteroatoms. The highest BCUT2D eigenvalue weighted by Crippen LogP contribution is 2.38. The standard InChI is InChI=1S/C29H30FNO8S/c1-15-5-6-19(11-21(15)12-22-8-9-24(40-22)20-7-10-25(30)31-13-20)26-28(37-17(3)34)29(38-18(4)35)27(36-16(2)33)23(14-32)39-26/h5-11,13,23,26-29,32H,12,14H2,1-4H3/t23?,26?,27-,28+,29?/m1/s1. The van der Waals surface area contributed by atoms with Crippen LogP contribution in [0.2, 0.25) is 0 Å². The minimum Gasteiger partial charge on any atom is -0.456 e. The molecule has 1 saturated heterocycles. The molecular formula is C29H30FNO8S. The summed E-state index contributed by atoms with van der Waals surface area (Å²) in [4.78, 5) is 41.7. The van der Waals surface area contributed by atoms with Gasteiger partial charge in [0.15, 0.2) is 18.3 Å². The van der Waals surface area contributed by atoms with Crippen molar-refractivity contribution in [2.45, 2.75) is 64.6 Å². The summed E-state index contributed by atoms with van der Waals surface area (Å²) in [6.45, 7) is 5.02. The summed E-state index contributed by atoms with van der Waals surface area (Å²) in [5.41, 5.74) is 3.43. The number of halogens is 1. The fraction of sp³-hybridized carbons (Fsp3) is 0.379. The number of aliphatic hydroxyl groups is 1. The Morgan fingerprint density at radius 2 is 1.62 bits per heavy atom. The van der Waals surface area contributed by atoms with E-state index < -0.39 is 61.0 Å². The second-order valence-corrected chi connectivity index (χ2v) is 10.7. The van der Waals surface area contributed by atoms with Crippen LogP contribution in [0.5, 0.6) is 0 Å². The zero-order valence-electron chi connectivity index (χ0n) is 22.5. The molecule has 2 aromatic heterocycles. The summed E-state index contributed by atoms with van der Waals surface area (Å²) in [5.74, 6) is -2.53. The molecule has 1 N–H and O–H groups in total. The molecule has 0 amide bonds. The number of benzene rings is 1. The van der Waals surface area contributed by atoms with Crippen LogP contribution >= 0.6 is 11.3 Å². The molecule has 0 saturated carbocycles. The fourth-order valence-corrected chi connectivity index (χ4v) is 5.73. The van der Waals surface area contributed by atoms with Gasteiger partial charge in [0, 0.05) is 48.7 Å². The highest BCUT2D eigenvalue weighted by molar-refractivity contribution is 7.15. The summed E-state index contributed by atoms with van der Waals surface area (Å²) < 4.78 is 35.8. The van der Waals surface area contributed by atoms with Gasteiger partial charge in [0.25, 0.3) is 0 Å². The van der Waals surface area contributed by atoms with Crippen LogP contribution in [0.15, 0.2) is 48.7 Å². The molecule has 5 atom stereocenters. The van der Waals surface area contributed by atoms with Gasteiger partial charge in [-0.3, -0.25) is 14.4 Å². The van der Waals surface area contributed by atoms with E-state index in [1.165, 1.54) is 33.0 Å². The second kappa shape index (κ2) is 12.7. The van der Waals surface area contributed by atoms with Gasteiger partial charge in [-0.2, -0.15) is 4.39 Å². The number of hydrogen-bond acceptors (Lipinski definition) is 10. The van der Waals surface area contributed by atoms with E-state index in [0.29, 0.717) is 12.0 Å². The lowest BCUT2D eigenvalue weighted by Gasteiger charge is -2.44. The smallest absolute Gasteiger partial charge is 0.303 e. The van der Waals surface area contributed by atoms with Gasteiger partial charge in [-0.25, -0.2) is 4.98 Å². The number of carbonyl (C=O) groups is 3. The average Bonchev–Trinajstić information content (AvgIpc) is 3.35. The molecule has 40 heavy (non-hydrogen) atoms. The maximum atomic E-state index is 13.2. The number of hydrogen-bond donors (Lipinski definition) is 1. The van der Waals surface area contributed by atoms with Crippen molar-refractivity contribution in [2.75, 3.05) is 6.61 Å². The Bertz CT molecular complexity index is 1370. The topological polar surface area (TPSA) is 121 Å². The first-order valence-corrected chi connectivity index (χ1v) is 13.5. The predicted molar refractivity (Wildman–Crippen MR) is 143 cm³/mol. The number of aliphatic hydroxyl groups excluding tert-OH is 1. The normalized spacial score (nSPS) is 22.4. The fourth-order valence-electron chi connectivity index (χ4n) is 4.71. The van der Waals surface area contributed by atoms with Crippen LogP contribution < -0.4 is 0 Å². The van der Waals surface area contributed by atoms with Crippen molar-refractivity contribution in [1.82, 2.24) is 4.98 Å². The molecule has 3 aromatic rings. The molecular weight excluding hydrogens is 541 g/mol. The average molecular weight is 572 g/mol. The highest BCUT2D eigenvalue weighted by Gasteiger charge is 2.52. The maximum absolute atomic E-state index is 13.2. The third-order valence-electron chi connectivity index (χ3n) is 6.46. The molecule has 3 heterocycles. The van der Waals surface area contributed by atoms with E-state index in [2.05, 4.69) is 4.98 Å². The molecule has 212 valence electrons. The summed E-state index contributed by atoms with van der Waals surface area (Å²) >= 11 is 1.56. The monoisotopic (exact) mass is 571 g/mol. The Labute approximate surface area is 234 Å². The number of ether oxygens (including phenoxy) is 4. The van der Waals surface area contributed by atoms with Crippen LogP contribution in [0.3, 0.4) is 0 Å². The van der Waals surface area contributed by atoms with Gasteiger partial charge in [-0.05, 0) is 47.9 Å². The third-order valence-corrected chi connectivity index (χ3v) is 7.59. The number of nitrogens with zero attached hydrogens (tertiary/aromatic N) is 1. The Kier molecular flexibility index (Phi) is 9.28. The van der Waals surface area contributed by atoms with E-state index in [4.69, 9.17) is 18.9 Å². The van der Waals surface area contributed by atoms with Crippen LogP contribution in [-0.4, -0.2) is 59.0 Å². The number of pyridine rings is 1. The van der Waals surface area contributed by atoms with E-state index in [1.54, 1.807) is 17.4 Å². The highest BCUT2D eigenvalue weighted by atomic mass is 32.1. The quantitative estimate of drug-likeness (QED) is 0.242. The van der Waals surface area contributed by atoms with Crippen molar-refractivity contribution >= 4 is 29.2 Å². The van der Waals surface area contributed by atoms with Crippen LogP contribution in [0.25, 0.3) is 10.4 Å². The van der Waals surface area contributed by atoms with Gasteiger partial charge in [0.1, 0.15) is 12.2 Å². The Hall–Kier alpha value is -3.67.